The average Bonchev–Trinajstić information content (AvgIpc) is 2.70. The van der Waals surface area contributed by atoms with Crippen LogP contribution in [0.1, 0.15) is 5.56 Å². The maximum absolute atomic E-state index is 13.5. The molecule has 178 valence electrons. The van der Waals surface area contributed by atoms with Gasteiger partial charge in [-0.2, -0.15) is 18.2 Å². The third-order valence-electron chi connectivity index (χ3n) is 3.65. The molecule has 0 amide bonds. The van der Waals surface area contributed by atoms with Crippen molar-refractivity contribution in [1.82, 2.24) is 9.97 Å². The van der Waals surface area contributed by atoms with Gasteiger partial charge in [0.25, 0.3) is 0 Å². The molecule has 2 N–H and O–H groups in total. The third-order valence-corrected chi connectivity index (χ3v) is 3.95. The van der Waals surface area contributed by atoms with Gasteiger partial charge in [-0.3, -0.25) is 0 Å². The van der Waals surface area contributed by atoms with Crippen molar-refractivity contribution in [1.29, 1.82) is 0 Å². The van der Waals surface area contributed by atoms with Gasteiger partial charge < -0.3 is 20.1 Å². The lowest BCUT2D eigenvalue weighted by molar-refractivity contribution is -0.274. The van der Waals surface area contributed by atoms with Gasteiger partial charge in [0.2, 0.25) is 5.95 Å². The van der Waals surface area contributed by atoms with Crippen molar-refractivity contribution in [3.05, 3.63) is 71.6 Å². The van der Waals surface area contributed by atoms with E-state index in [1.807, 2.05) is 0 Å². The Morgan fingerprint density at radius 2 is 1.94 bits per heavy atom. The summed E-state index contributed by atoms with van der Waals surface area (Å²) >= 11 is 5.78. The monoisotopic (exact) mass is 494 g/mol. The molecule has 0 radical (unpaired) electrons. The highest BCUT2D eigenvalue weighted by Gasteiger charge is 2.35. The number of halogens is 7. The number of methoxy groups -OCH3 is 1. The zero-order valence-corrected chi connectivity index (χ0v) is 17.6. The molecule has 0 fully saturated rings. The van der Waals surface area contributed by atoms with E-state index >= 15 is 0 Å². The van der Waals surface area contributed by atoms with Gasteiger partial charge in [-0.1, -0.05) is 30.3 Å². The van der Waals surface area contributed by atoms with E-state index in [2.05, 4.69) is 31.9 Å². The number of anilines is 3. The van der Waals surface area contributed by atoms with Gasteiger partial charge in [-0.05, 0) is 30.4 Å². The molecular formula is C20H17ClF6N4O2. The largest absolute Gasteiger partial charge is 0.573 e. The standard InChI is InChI=1S/C20H17ClF6N4O2/c1-3-4-5-12(8-9-32-2)29-17-14(19(22,23)24)11-28-18(31-17)30-13-6-7-16(15(21)10-13)33-20(25,26)27/h3-8,10-11H,1,9H2,2H3,(H2,28,29,30,31)/b5-4-,12-8+. The first-order chi connectivity index (χ1) is 15.4. The lowest BCUT2D eigenvalue weighted by atomic mass is 10.2. The molecule has 0 bridgehead atoms. The number of rotatable bonds is 9. The van der Waals surface area contributed by atoms with Crippen LogP contribution in [0.25, 0.3) is 0 Å². The highest BCUT2D eigenvalue weighted by molar-refractivity contribution is 6.32. The number of hydrogen-bond acceptors (Lipinski definition) is 6. The number of nitrogens with one attached hydrogen (secondary N) is 2. The van der Waals surface area contributed by atoms with Crippen LogP contribution in [0.4, 0.5) is 43.8 Å². The summed E-state index contributed by atoms with van der Waals surface area (Å²) in [5.74, 6) is -1.49. The van der Waals surface area contributed by atoms with Crippen LogP contribution in [0.15, 0.2) is 61.0 Å². The summed E-state index contributed by atoms with van der Waals surface area (Å²) in [6, 6.07) is 3.18. The predicted molar refractivity (Wildman–Crippen MR) is 111 cm³/mol. The van der Waals surface area contributed by atoms with Gasteiger partial charge in [0, 0.05) is 24.7 Å². The van der Waals surface area contributed by atoms with Gasteiger partial charge in [-0.25, -0.2) is 4.98 Å². The van der Waals surface area contributed by atoms with E-state index in [1.165, 1.54) is 31.4 Å². The summed E-state index contributed by atoms with van der Waals surface area (Å²) in [6.45, 7) is 3.60. The summed E-state index contributed by atoms with van der Waals surface area (Å²) < 4.78 is 86.1. The molecule has 13 heteroatoms. The van der Waals surface area contributed by atoms with Crippen molar-refractivity contribution in [3.63, 3.8) is 0 Å². The Hall–Kier alpha value is -3.25. The second-order valence-electron chi connectivity index (χ2n) is 6.11. The van der Waals surface area contributed by atoms with Crippen LogP contribution in [-0.2, 0) is 10.9 Å². The van der Waals surface area contributed by atoms with Crippen LogP contribution < -0.4 is 15.4 Å². The van der Waals surface area contributed by atoms with E-state index in [4.69, 9.17) is 16.3 Å². The Balaban J connectivity index is 2.37. The number of aromatic nitrogens is 2. The summed E-state index contributed by atoms with van der Waals surface area (Å²) in [7, 11) is 1.41. The lowest BCUT2D eigenvalue weighted by Crippen LogP contribution is -2.17. The van der Waals surface area contributed by atoms with Crippen molar-refractivity contribution in [2.24, 2.45) is 0 Å². The highest BCUT2D eigenvalue weighted by Crippen LogP contribution is 2.36. The Bertz CT molecular complexity index is 1040. The fraction of sp³-hybridized carbons (Fsp3) is 0.200. The van der Waals surface area contributed by atoms with Crippen molar-refractivity contribution < 1.29 is 35.8 Å². The lowest BCUT2D eigenvalue weighted by Gasteiger charge is -2.16. The smallest absolute Gasteiger partial charge is 0.404 e. The van der Waals surface area contributed by atoms with Gasteiger partial charge in [0.05, 0.1) is 11.6 Å². The Morgan fingerprint density at radius 3 is 2.52 bits per heavy atom. The van der Waals surface area contributed by atoms with Crippen LogP contribution in [0.5, 0.6) is 5.75 Å². The van der Waals surface area contributed by atoms with Gasteiger partial charge in [0.15, 0.2) is 0 Å². The zero-order chi connectivity index (χ0) is 24.6. The Morgan fingerprint density at radius 1 is 1.21 bits per heavy atom. The number of nitrogens with zero attached hydrogens (tertiary/aromatic N) is 2. The van der Waals surface area contributed by atoms with Crippen LogP contribution in [0, 0.1) is 0 Å². The number of allylic oxidation sites excluding steroid dienone is 3. The molecule has 0 aliphatic heterocycles. The summed E-state index contributed by atoms with van der Waals surface area (Å²) in [5.41, 5.74) is -0.791. The molecule has 1 aromatic carbocycles. The molecule has 0 saturated heterocycles. The minimum atomic E-state index is -4.94. The third kappa shape index (κ3) is 8.31. The van der Waals surface area contributed by atoms with E-state index in [0.29, 0.717) is 6.20 Å². The van der Waals surface area contributed by atoms with Gasteiger partial charge >= 0.3 is 12.5 Å². The number of benzene rings is 1. The molecule has 1 aromatic heterocycles. The van der Waals surface area contributed by atoms with Crippen molar-refractivity contribution in [2.75, 3.05) is 24.4 Å². The minimum absolute atomic E-state index is 0.103. The summed E-state index contributed by atoms with van der Waals surface area (Å²) in [6.07, 6.45) is -3.29. The van der Waals surface area contributed by atoms with Crippen LogP contribution in [0.3, 0.4) is 0 Å². The van der Waals surface area contributed by atoms with E-state index in [-0.39, 0.29) is 29.0 Å². The van der Waals surface area contributed by atoms with Gasteiger partial charge in [-0.15, -0.1) is 13.2 Å². The molecule has 33 heavy (non-hydrogen) atoms. The molecule has 0 atom stereocenters. The molecule has 6 nitrogen and oxygen atoms in total. The Labute approximate surface area is 189 Å². The molecule has 2 rings (SSSR count). The zero-order valence-electron chi connectivity index (χ0n) is 16.9. The van der Waals surface area contributed by atoms with Crippen molar-refractivity contribution in [2.45, 2.75) is 12.5 Å². The minimum Gasteiger partial charge on any atom is -0.404 e. The first kappa shape index (κ1) is 26.0. The molecule has 0 spiro atoms. The maximum Gasteiger partial charge on any atom is 0.573 e. The highest BCUT2D eigenvalue weighted by atomic mass is 35.5. The van der Waals surface area contributed by atoms with Crippen LogP contribution in [0.2, 0.25) is 5.02 Å². The Kier molecular flexibility index (Phi) is 8.71. The first-order valence-electron chi connectivity index (χ1n) is 8.94. The van der Waals surface area contributed by atoms with Gasteiger partial charge in [0.1, 0.15) is 17.1 Å². The second kappa shape index (κ2) is 11.1. The SMILES string of the molecule is C=C/C=C\C(=C/COC)Nc1nc(Nc2ccc(OC(F)(F)F)c(Cl)c2)ncc1C(F)(F)F. The quantitative estimate of drug-likeness (QED) is 0.307. The maximum atomic E-state index is 13.5. The molecule has 0 aliphatic rings. The second-order valence-corrected chi connectivity index (χ2v) is 6.51. The topological polar surface area (TPSA) is 68.3 Å². The molecule has 0 unspecified atom stereocenters. The van der Waals surface area contributed by atoms with Crippen molar-refractivity contribution in [3.8, 4) is 5.75 Å². The summed E-state index contributed by atoms with van der Waals surface area (Å²) in [4.78, 5) is 7.48. The fourth-order valence-corrected chi connectivity index (χ4v) is 2.52. The molecular weight excluding hydrogens is 478 g/mol. The predicted octanol–water partition coefficient (Wildman–Crippen LogP) is 6.48. The normalized spacial score (nSPS) is 12.7. The van der Waals surface area contributed by atoms with E-state index in [9.17, 15) is 26.3 Å². The fourth-order valence-electron chi connectivity index (χ4n) is 2.30. The molecule has 0 aliphatic carbocycles. The molecule has 0 saturated carbocycles. The molecule has 1 heterocycles. The number of hydrogen-bond donors (Lipinski definition) is 2. The van der Waals surface area contributed by atoms with Crippen molar-refractivity contribution >= 4 is 29.1 Å². The summed E-state index contributed by atoms with van der Waals surface area (Å²) in [5, 5.41) is 4.76. The van der Waals surface area contributed by atoms with Crippen LogP contribution in [-0.4, -0.2) is 30.0 Å². The average molecular weight is 495 g/mol. The number of ether oxygens (including phenoxy) is 2. The van der Waals surface area contributed by atoms with E-state index in [0.717, 1.165) is 18.2 Å². The molecule has 2 aromatic rings. The van der Waals surface area contributed by atoms with E-state index < -0.39 is 29.7 Å². The first-order valence-corrected chi connectivity index (χ1v) is 9.32. The van der Waals surface area contributed by atoms with E-state index in [1.54, 1.807) is 0 Å². The number of alkyl halides is 6. The van der Waals surface area contributed by atoms with Crippen LogP contribution >= 0.6 is 11.6 Å².